The maximum atomic E-state index is 11.4. The smallest absolute Gasteiger partial charge is 0.233 e. The molecule has 0 aliphatic carbocycles. The Bertz CT molecular complexity index is 364. The van der Waals surface area contributed by atoms with Gasteiger partial charge in [0, 0.05) is 23.3 Å². The number of amides is 1. The van der Waals surface area contributed by atoms with Crippen molar-refractivity contribution in [3.63, 3.8) is 0 Å². The topological polar surface area (TPSA) is 58.4 Å². The fraction of sp³-hybridized carbons (Fsp3) is 0.583. The molecule has 3 N–H and O–H groups in total. The first-order valence-electron chi connectivity index (χ1n) is 5.83. The molecule has 1 amide bonds. The number of nitrogens with two attached hydrogens (primary N) is 1. The summed E-state index contributed by atoms with van der Waals surface area (Å²) < 4.78 is 0. The molecule has 5 heteroatoms. The van der Waals surface area contributed by atoms with Crippen molar-refractivity contribution < 1.29 is 4.79 Å². The van der Waals surface area contributed by atoms with Crippen LogP contribution in [0.2, 0.25) is 0 Å². The molecule has 1 aromatic heterocycles. The van der Waals surface area contributed by atoms with Crippen LogP contribution in [0.4, 0.5) is 0 Å². The minimum atomic E-state index is 0.0265. The minimum absolute atomic E-state index is 0.0265. The summed E-state index contributed by atoms with van der Waals surface area (Å²) in [6, 6.07) is 4.33. The average Bonchev–Trinajstić information content (AvgIpc) is 2.75. The molecule has 4 nitrogen and oxygen atoms in total. The number of rotatable bonds is 6. The van der Waals surface area contributed by atoms with Gasteiger partial charge in [0.25, 0.3) is 0 Å². The molecular formula is C12H21N3OS. The lowest BCUT2D eigenvalue weighted by Gasteiger charge is -2.28. The van der Waals surface area contributed by atoms with E-state index in [9.17, 15) is 4.79 Å². The van der Waals surface area contributed by atoms with Crippen molar-refractivity contribution in [2.75, 3.05) is 26.7 Å². The standard InChI is InChI=1S/C12H21N3OS/c1-4-15(8-12(16)14-3)10(7-13)11-6-5-9(2)17-11/h5-6,10H,4,7-8,13H2,1-3H3,(H,14,16). The van der Waals surface area contributed by atoms with Crippen LogP contribution in [0.25, 0.3) is 0 Å². The number of aryl methyl sites for hydroxylation is 1. The Kier molecular flexibility index (Phi) is 5.61. The van der Waals surface area contributed by atoms with Crippen molar-refractivity contribution in [2.45, 2.75) is 19.9 Å². The third-order valence-electron chi connectivity index (χ3n) is 2.79. The highest BCUT2D eigenvalue weighted by atomic mass is 32.1. The number of nitrogens with zero attached hydrogens (tertiary/aromatic N) is 1. The summed E-state index contributed by atoms with van der Waals surface area (Å²) in [4.78, 5) is 16.1. The molecule has 1 rings (SSSR count). The van der Waals surface area contributed by atoms with Crippen LogP contribution < -0.4 is 11.1 Å². The monoisotopic (exact) mass is 255 g/mol. The van der Waals surface area contributed by atoms with Gasteiger partial charge in [0.15, 0.2) is 0 Å². The first kappa shape index (κ1) is 14.2. The third-order valence-corrected chi connectivity index (χ3v) is 3.89. The Morgan fingerprint density at radius 2 is 2.29 bits per heavy atom. The summed E-state index contributed by atoms with van der Waals surface area (Å²) in [5.74, 6) is 0.0265. The second kappa shape index (κ2) is 6.74. The molecule has 1 heterocycles. The minimum Gasteiger partial charge on any atom is -0.358 e. The van der Waals surface area contributed by atoms with Crippen molar-refractivity contribution in [1.29, 1.82) is 0 Å². The van der Waals surface area contributed by atoms with Gasteiger partial charge in [0.05, 0.1) is 12.6 Å². The highest BCUT2D eigenvalue weighted by Gasteiger charge is 2.20. The number of carbonyl (C=O) groups excluding carboxylic acids is 1. The van der Waals surface area contributed by atoms with Crippen LogP contribution in [0.1, 0.15) is 22.7 Å². The summed E-state index contributed by atoms with van der Waals surface area (Å²) in [5.41, 5.74) is 5.84. The molecule has 17 heavy (non-hydrogen) atoms. The van der Waals surface area contributed by atoms with E-state index in [1.54, 1.807) is 18.4 Å². The predicted molar refractivity (Wildman–Crippen MR) is 72.2 cm³/mol. The van der Waals surface area contributed by atoms with E-state index < -0.39 is 0 Å². The molecule has 1 atom stereocenters. The zero-order valence-electron chi connectivity index (χ0n) is 10.7. The molecule has 0 aliphatic rings. The third kappa shape index (κ3) is 3.80. The Hall–Kier alpha value is -0.910. The molecule has 0 bridgehead atoms. The van der Waals surface area contributed by atoms with E-state index in [0.717, 1.165) is 6.54 Å². The maximum absolute atomic E-state index is 11.4. The van der Waals surface area contributed by atoms with E-state index in [-0.39, 0.29) is 11.9 Å². The van der Waals surface area contributed by atoms with E-state index in [0.29, 0.717) is 13.1 Å². The molecule has 1 aromatic rings. The van der Waals surface area contributed by atoms with Crippen LogP contribution >= 0.6 is 11.3 Å². The van der Waals surface area contributed by atoms with Gasteiger partial charge in [-0.15, -0.1) is 11.3 Å². The van der Waals surface area contributed by atoms with Gasteiger partial charge in [-0.3, -0.25) is 9.69 Å². The van der Waals surface area contributed by atoms with Crippen LogP contribution in [0.5, 0.6) is 0 Å². The number of carbonyl (C=O) groups is 1. The van der Waals surface area contributed by atoms with Crippen molar-refractivity contribution in [3.8, 4) is 0 Å². The number of likely N-dealkylation sites (N-methyl/N-ethyl adjacent to an activating group) is 2. The lowest BCUT2D eigenvalue weighted by Crippen LogP contribution is -2.40. The van der Waals surface area contributed by atoms with E-state index in [1.807, 2.05) is 6.92 Å². The summed E-state index contributed by atoms with van der Waals surface area (Å²) in [6.07, 6.45) is 0. The lowest BCUT2D eigenvalue weighted by atomic mass is 10.2. The van der Waals surface area contributed by atoms with Gasteiger partial charge in [-0.2, -0.15) is 0 Å². The van der Waals surface area contributed by atoms with Crippen molar-refractivity contribution in [3.05, 3.63) is 21.9 Å². The second-order valence-electron chi connectivity index (χ2n) is 3.94. The molecule has 0 spiro atoms. The largest absolute Gasteiger partial charge is 0.358 e. The predicted octanol–water partition coefficient (Wildman–Crippen LogP) is 1.12. The first-order chi connectivity index (χ1) is 8.12. The second-order valence-corrected chi connectivity index (χ2v) is 5.26. The molecule has 0 fully saturated rings. The molecule has 0 aromatic carbocycles. The van der Waals surface area contributed by atoms with E-state index in [2.05, 4.69) is 29.3 Å². The SMILES string of the molecule is CCN(CC(=O)NC)C(CN)c1ccc(C)s1. The van der Waals surface area contributed by atoms with Crippen molar-refractivity contribution in [1.82, 2.24) is 10.2 Å². The quantitative estimate of drug-likeness (QED) is 0.801. The Labute approximate surface area is 107 Å². The van der Waals surface area contributed by atoms with Gasteiger partial charge in [-0.05, 0) is 25.6 Å². The molecule has 1 unspecified atom stereocenters. The van der Waals surface area contributed by atoms with E-state index >= 15 is 0 Å². The van der Waals surface area contributed by atoms with Gasteiger partial charge in [-0.25, -0.2) is 0 Å². The Balaban J connectivity index is 2.79. The zero-order valence-corrected chi connectivity index (χ0v) is 11.5. The van der Waals surface area contributed by atoms with Gasteiger partial charge >= 0.3 is 0 Å². The molecule has 0 radical (unpaired) electrons. The van der Waals surface area contributed by atoms with Crippen LogP contribution in [-0.2, 0) is 4.79 Å². The van der Waals surface area contributed by atoms with E-state index in [1.165, 1.54) is 9.75 Å². The summed E-state index contributed by atoms with van der Waals surface area (Å²) in [7, 11) is 1.66. The molecule has 0 aliphatic heterocycles. The van der Waals surface area contributed by atoms with Crippen LogP contribution in [0.3, 0.4) is 0 Å². The summed E-state index contributed by atoms with van der Waals surface area (Å²) in [6.45, 7) is 5.87. The van der Waals surface area contributed by atoms with Crippen molar-refractivity contribution in [2.24, 2.45) is 5.73 Å². The van der Waals surface area contributed by atoms with Crippen molar-refractivity contribution >= 4 is 17.2 Å². The Morgan fingerprint density at radius 3 is 2.71 bits per heavy atom. The van der Waals surface area contributed by atoms with Gasteiger partial charge in [0.2, 0.25) is 5.91 Å². The fourth-order valence-electron chi connectivity index (χ4n) is 1.78. The summed E-state index contributed by atoms with van der Waals surface area (Å²) >= 11 is 1.75. The Morgan fingerprint density at radius 1 is 1.59 bits per heavy atom. The van der Waals surface area contributed by atoms with Crippen LogP contribution in [0, 0.1) is 6.92 Å². The highest BCUT2D eigenvalue weighted by molar-refractivity contribution is 7.12. The molecule has 96 valence electrons. The highest BCUT2D eigenvalue weighted by Crippen LogP contribution is 2.26. The number of hydrogen-bond acceptors (Lipinski definition) is 4. The first-order valence-corrected chi connectivity index (χ1v) is 6.65. The molecule has 0 saturated carbocycles. The van der Waals surface area contributed by atoms with Gasteiger partial charge in [-0.1, -0.05) is 6.92 Å². The van der Waals surface area contributed by atoms with E-state index in [4.69, 9.17) is 5.73 Å². The van der Waals surface area contributed by atoms with Crippen LogP contribution in [-0.4, -0.2) is 37.5 Å². The molecular weight excluding hydrogens is 234 g/mol. The number of thiophene rings is 1. The fourth-order valence-corrected chi connectivity index (χ4v) is 2.81. The van der Waals surface area contributed by atoms with Gasteiger partial charge in [0.1, 0.15) is 0 Å². The maximum Gasteiger partial charge on any atom is 0.233 e. The van der Waals surface area contributed by atoms with Gasteiger partial charge < -0.3 is 11.1 Å². The average molecular weight is 255 g/mol. The number of nitrogens with one attached hydrogen (secondary N) is 1. The lowest BCUT2D eigenvalue weighted by molar-refractivity contribution is -0.122. The number of hydrogen-bond donors (Lipinski definition) is 2. The van der Waals surface area contributed by atoms with Crippen LogP contribution in [0.15, 0.2) is 12.1 Å². The normalized spacial score (nSPS) is 12.8. The summed E-state index contributed by atoms with van der Waals surface area (Å²) in [5, 5.41) is 2.65. The molecule has 0 saturated heterocycles. The zero-order chi connectivity index (χ0) is 12.8.